The number of carbonyl (C=O) groups is 1. The molecule has 0 unspecified atom stereocenters. The average molecular weight is 465 g/mol. The number of amides is 1. The third kappa shape index (κ3) is 8.21. The van der Waals surface area contributed by atoms with E-state index in [0.29, 0.717) is 35.2 Å². The molecule has 33 heavy (non-hydrogen) atoms. The Morgan fingerprint density at radius 2 is 1.76 bits per heavy atom. The van der Waals surface area contributed by atoms with Crippen molar-refractivity contribution in [3.63, 3.8) is 0 Å². The summed E-state index contributed by atoms with van der Waals surface area (Å²) in [6, 6.07) is 24.6. The second-order valence-corrected chi connectivity index (χ2v) is 8.00. The van der Waals surface area contributed by atoms with Crippen LogP contribution in [-0.2, 0) is 11.4 Å². The Balaban J connectivity index is 1.60. The summed E-state index contributed by atoms with van der Waals surface area (Å²) in [5, 5.41) is 15.2. The van der Waals surface area contributed by atoms with E-state index in [2.05, 4.69) is 10.6 Å². The van der Waals surface area contributed by atoms with E-state index in [1.807, 2.05) is 79.1 Å². The van der Waals surface area contributed by atoms with Gasteiger partial charge in [-0.2, -0.15) is 11.8 Å². The smallest absolute Gasteiger partial charge is 0.243 e. The zero-order valence-corrected chi connectivity index (χ0v) is 19.3. The van der Waals surface area contributed by atoms with Crippen molar-refractivity contribution in [1.29, 1.82) is 0 Å². The van der Waals surface area contributed by atoms with Crippen LogP contribution in [0.5, 0.6) is 17.2 Å². The molecule has 3 aromatic rings. The lowest BCUT2D eigenvalue weighted by atomic mass is 10.2. The maximum Gasteiger partial charge on any atom is 0.243 e. The Morgan fingerprint density at radius 1 is 1.00 bits per heavy atom. The Labute approximate surface area is 198 Å². The average Bonchev–Trinajstić information content (AvgIpc) is 2.85. The molecule has 0 atom stereocenters. The van der Waals surface area contributed by atoms with Crippen molar-refractivity contribution in [3.8, 4) is 17.2 Å². The Morgan fingerprint density at radius 3 is 2.55 bits per heavy atom. The first-order valence-electron chi connectivity index (χ1n) is 10.5. The number of rotatable bonds is 12. The number of carbonyl (C=O) groups excluding carboxylic acids is 1. The van der Waals surface area contributed by atoms with Crippen molar-refractivity contribution in [1.82, 2.24) is 5.32 Å². The van der Waals surface area contributed by atoms with Gasteiger partial charge in [-0.1, -0.05) is 54.6 Å². The Bertz CT molecular complexity index is 1060. The molecule has 0 saturated carbocycles. The highest BCUT2D eigenvalue weighted by Crippen LogP contribution is 2.31. The van der Waals surface area contributed by atoms with Gasteiger partial charge in [0.1, 0.15) is 18.1 Å². The van der Waals surface area contributed by atoms with Gasteiger partial charge < -0.3 is 25.2 Å². The van der Waals surface area contributed by atoms with Gasteiger partial charge in [-0.25, -0.2) is 0 Å². The van der Waals surface area contributed by atoms with Crippen molar-refractivity contribution in [2.24, 2.45) is 0 Å². The van der Waals surface area contributed by atoms with Crippen molar-refractivity contribution < 1.29 is 19.4 Å². The largest absolute Gasteiger partial charge is 0.489 e. The first-order chi connectivity index (χ1) is 16.2. The van der Waals surface area contributed by atoms with Crippen LogP contribution in [0.2, 0.25) is 0 Å². The molecule has 0 fully saturated rings. The first kappa shape index (κ1) is 24.2. The third-order valence-electron chi connectivity index (χ3n) is 4.59. The number of para-hydroxylation sites is 2. The monoisotopic (exact) mass is 464 g/mol. The van der Waals surface area contributed by atoms with Gasteiger partial charge >= 0.3 is 0 Å². The van der Waals surface area contributed by atoms with Gasteiger partial charge in [0, 0.05) is 17.5 Å². The van der Waals surface area contributed by atoms with E-state index in [1.165, 1.54) is 0 Å². The van der Waals surface area contributed by atoms with Crippen molar-refractivity contribution >= 4 is 23.4 Å². The zero-order valence-electron chi connectivity index (χ0n) is 18.5. The Hall–Kier alpha value is -3.42. The normalized spacial score (nSPS) is 11.0. The topological polar surface area (TPSA) is 79.8 Å². The lowest BCUT2D eigenvalue weighted by Crippen LogP contribution is -2.29. The molecule has 0 aliphatic heterocycles. The molecule has 0 aliphatic carbocycles. The molecule has 0 bridgehead atoms. The summed E-state index contributed by atoms with van der Waals surface area (Å²) in [6.07, 6.45) is 3.84. The van der Waals surface area contributed by atoms with Crippen LogP contribution in [0.15, 0.2) is 90.6 Å². The van der Waals surface area contributed by atoms with E-state index in [-0.39, 0.29) is 19.1 Å². The van der Waals surface area contributed by atoms with E-state index < -0.39 is 0 Å². The predicted octanol–water partition coefficient (Wildman–Crippen LogP) is 4.83. The molecule has 172 valence electrons. The van der Waals surface area contributed by atoms with Crippen LogP contribution in [0.25, 0.3) is 0 Å². The molecule has 6 nitrogen and oxygen atoms in total. The van der Waals surface area contributed by atoms with E-state index in [9.17, 15) is 9.90 Å². The minimum Gasteiger partial charge on any atom is -0.489 e. The Kier molecular flexibility index (Phi) is 9.69. The summed E-state index contributed by atoms with van der Waals surface area (Å²) in [5.74, 6) is 2.33. The number of nitrogens with one attached hydrogen (secondary N) is 2. The summed E-state index contributed by atoms with van der Waals surface area (Å²) in [7, 11) is 0. The molecule has 0 aliphatic rings. The van der Waals surface area contributed by atoms with Crippen LogP contribution in [0.4, 0.5) is 5.69 Å². The standard InChI is InChI=1S/C26H28N2O4S/c1-33-15-14-21(18-29)27-17-26(30)28-24-12-5-6-13-25(24)32-23-11-7-10-22(16-23)31-19-20-8-3-2-4-9-20/h2-14,16,27,29H,15,17-19H2,1H3,(H,28,30)/b21-14-. The fourth-order valence-corrected chi connectivity index (χ4v) is 3.29. The fourth-order valence-electron chi connectivity index (χ4n) is 2.92. The molecule has 0 spiro atoms. The van der Waals surface area contributed by atoms with E-state index >= 15 is 0 Å². The highest BCUT2D eigenvalue weighted by molar-refractivity contribution is 7.98. The minimum atomic E-state index is -0.241. The molecular formula is C26H28N2O4S. The predicted molar refractivity (Wildman–Crippen MR) is 134 cm³/mol. The molecule has 0 saturated heterocycles. The summed E-state index contributed by atoms with van der Waals surface area (Å²) >= 11 is 1.63. The van der Waals surface area contributed by atoms with Gasteiger partial charge in [0.15, 0.2) is 5.75 Å². The molecule has 3 N–H and O–H groups in total. The van der Waals surface area contributed by atoms with Crippen LogP contribution < -0.4 is 20.1 Å². The third-order valence-corrected chi connectivity index (χ3v) is 5.09. The molecule has 3 rings (SSSR count). The number of anilines is 1. The molecule has 7 heteroatoms. The summed E-state index contributed by atoms with van der Waals surface area (Å²) < 4.78 is 11.9. The number of hydrogen-bond donors (Lipinski definition) is 3. The number of aliphatic hydroxyl groups excluding tert-OH is 1. The molecule has 0 radical (unpaired) electrons. The van der Waals surface area contributed by atoms with Gasteiger partial charge in [0.05, 0.1) is 18.8 Å². The maximum absolute atomic E-state index is 12.4. The molecule has 1 amide bonds. The van der Waals surface area contributed by atoms with Crippen molar-refractivity contribution in [2.45, 2.75) is 6.61 Å². The molecule has 0 heterocycles. The highest BCUT2D eigenvalue weighted by atomic mass is 32.2. The summed E-state index contributed by atoms with van der Waals surface area (Å²) in [4.78, 5) is 12.4. The van der Waals surface area contributed by atoms with E-state index in [4.69, 9.17) is 9.47 Å². The van der Waals surface area contributed by atoms with Crippen LogP contribution in [-0.4, -0.2) is 36.2 Å². The number of thioether (sulfide) groups is 1. The molecular weight excluding hydrogens is 436 g/mol. The lowest BCUT2D eigenvalue weighted by molar-refractivity contribution is -0.115. The number of benzene rings is 3. The quantitative estimate of drug-likeness (QED) is 0.356. The molecule has 0 aromatic heterocycles. The van der Waals surface area contributed by atoms with Crippen molar-refractivity contribution in [3.05, 3.63) is 96.2 Å². The van der Waals surface area contributed by atoms with Gasteiger partial charge in [-0.05, 0) is 36.1 Å². The minimum absolute atomic E-state index is 0.0396. The summed E-state index contributed by atoms with van der Waals surface area (Å²) in [6.45, 7) is 0.360. The van der Waals surface area contributed by atoms with E-state index in [1.54, 1.807) is 23.9 Å². The number of ether oxygens (including phenoxy) is 2. The van der Waals surface area contributed by atoms with Crippen LogP contribution in [0.3, 0.4) is 0 Å². The second-order valence-electron chi connectivity index (χ2n) is 7.09. The zero-order chi connectivity index (χ0) is 23.3. The highest BCUT2D eigenvalue weighted by Gasteiger charge is 2.10. The number of aliphatic hydroxyl groups is 1. The van der Waals surface area contributed by atoms with E-state index in [0.717, 1.165) is 11.3 Å². The first-order valence-corrected chi connectivity index (χ1v) is 11.9. The van der Waals surface area contributed by atoms with Crippen molar-refractivity contribution in [2.75, 3.05) is 30.5 Å². The SMILES string of the molecule is CSC/C=C(/CO)NCC(=O)Nc1ccccc1Oc1cccc(OCc2ccccc2)c1. The van der Waals surface area contributed by atoms with Gasteiger partial charge in [-0.15, -0.1) is 0 Å². The summed E-state index contributed by atoms with van der Waals surface area (Å²) in [5.41, 5.74) is 2.26. The van der Waals surface area contributed by atoms with Gasteiger partial charge in [0.2, 0.25) is 5.91 Å². The van der Waals surface area contributed by atoms with Crippen LogP contribution >= 0.6 is 11.8 Å². The van der Waals surface area contributed by atoms with Gasteiger partial charge in [0.25, 0.3) is 0 Å². The molecule has 3 aromatic carbocycles. The number of hydrogen-bond acceptors (Lipinski definition) is 6. The fraction of sp³-hybridized carbons (Fsp3) is 0.192. The van der Waals surface area contributed by atoms with Crippen LogP contribution in [0.1, 0.15) is 5.56 Å². The maximum atomic E-state index is 12.4. The second kappa shape index (κ2) is 13.2. The van der Waals surface area contributed by atoms with Crippen LogP contribution in [0, 0.1) is 0 Å². The lowest BCUT2D eigenvalue weighted by Gasteiger charge is -2.14. The van der Waals surface area contributed by atoms with Gasteiger partial charge in [-0.3, -0.25) is 4.79 Å².